The summed E-state index contributed by atoms with van der Waals surface area (Å²) >= 11 is 0. The molecule has 1 fully saturated rings. The molecule has 0 spiro atoms. The van der Waals surface area contributed by atoms with Gasteiger partial charge >= 0.3 is 11.9 Å². The number of allylic oxidation sites excluding steroid dienone is 2. The average molecular weight is 431 g/mol. The summed E-state index contributed by atoms with van der Waals surface area (Å²) in [6, 6.07) is 9.97. The molecule has 2 rings (SSSR count). The highest BCUT2D eigenvalue weighted by Gasteiger charge is 2.39. The van der Waals surface area contributed by atoms with Crippen LogP contribution in [0.1, 0.15) is 51.0 Å². The van der Waals surface area contributed by atoms with Crippen molar-refractivity contribution in [2.75, 3.05) is 0 Å². The van der Waals surface area contributed by atoms with Crippen molar-refractivity contribution in [1.82, 2.24) is 0 Å². The van der Waals surface area contributed by atoms with Crippen molar-refractivity contribution in [2.45, 2.75) is 70.2 Å². The maximum atomic E-state index is 11.5. The Hall–Kier alpha value is -2.44. The number of ether oxygens (including phenoxy) is 1. The Bertz CT molecular complexity index is 742. The smallest absolute Gasteiger partial charge is 0.303 e. The van der Waals surface area contributed by atoms with Gasteiger partial charge in [0.15, 0.2) is 0 Å². The van der Waals surface area contributed by atoms with Crippen LogP contribution >= 0.6 is 0 Å². The Morgan fingerprint density at radius 3 is 2.58 bits per heavy atom. The standard InChI is InChI=1S/C25H34O6/c1-18(26)31-20(14-13-19-9-5-4-6-10-19)15-16-22-21(23(27)17-24(22)28)11-7-2-3-8-12-25(29)30/h2,4-7,9-10,15-16,20-24,27-28H,3,8,11-14,17H2,1H3,(H,29,30)/b7-2-,16-15+/t20-,21+,22+,23-,24+/m0/s1. The van der Waals surface area contributed by atoms with Crippen molar-refractivity contribution in [1.29, 1.82) is 0 Å². The first-order chi connectivity index (χ1) is 14.9. The van der Waals surface area contributed by atoms with Crippen molar-refractivity contribution in [2.24, 2.45) is 11.8 Å². The van der Waals surface area contributed by atoms with Gasteiger partial charge in [-0.25, -0.2) is 0 Å². The third-order valence-corrected chi connectivity index (χ3v) is 5.68. The summed E-state index contributed by atoms with van der Waals surface area (Å²) in [7, 11) is 0. The molecule has 3 N–H and O–H groups in total. The van der Waals surface area contributed by atoms with Gasteiger partial charge in [0.05, 0.1) is 12.2 Å². The maximum Gasteiger partial charge on any atom is 0.303 e. The second-order valence-corrected chi connectivity index (χ2v) is 8.16. The van der Waals surface area contributed by atoms with E-state index in [0.29, 0.717) is 32.1 Å². The number of carbonyl (C=O) groups is 2. The highest BCUT2D eigenvalue weighted by Crippen LogP contribution is 2.36. The highest BCUT2D eigenvalue weighted by atomic mass is 16.5. The summed E-state index contributed by atoms with van der Waals surface area (Å²) in [6.07, 6.45) is 9.66. The Morgan fingerprint density at radius 1 is 1.16 bits per heavy atom. The van der Waals surface area contributed by atoms with Gasteiger partial charge in [0.1, 0.15) is 6.10 Å². The number of carboxylic acids is 1. The molecule has 1 aliphatic rings. The molecule has 1 saturated carbocycles. The number of carboxylic acid groups (broad SMARTS) is 1. The molecule has 6 nitrogen and oxygen atoms in total. The SMILES string of the molecule is CC(=O)O[C@H](/C=C/[C@@H]1[C@@H](C/C=C\CCCC(=O)O)[C@@H](O)C[C@H]1O)CCc1ccccc1. The summed E-state index contributed by atoms with van der Waals surface area (Å²) in [6.45, 7) is 1.38. The highest BCUT2D eigenvalue weighted by molar-refractivity contribution is 5.66. The lowest BCUT2D eigenvalue weighted by molar-refractivity contribution is -0.144. The molecule has 6 heteroatoms. The number of esters is 1. The van der Waals surface area contributed by atoms with Crippen LogP contribution in [0, 0.1) is 11.8 Å². The van der Waals surface area contributed by atoms with E-state index in [9.17, 15) is 19.8 Å². The molecule has 0 aliphatic heterocycles. The van der Waals surface area contributed by atoms with E-state index in [-0.39, 0.29) is 24.2 Å². The van der Waals surface area contributed by atoms with Crippen LogP contribution in [0.15, 0.2) is 54.6 Å². The van der Waals surface area contributed by atoms with Gasteiger partial charge in [0.25, 0.3) is 0 Å². The quantitative estimate of drug-likeness (QED) is 0.266. The minimum absolute atomic E-state index is 0.130. The Kier molecular flexibility index (Phi) is 10.5. The lowest BCUT2D eigenvalue weighted by Gasteiger charge is -2.20. The molecule has 1 aromatic rings. The summed E-state index contributed by atoms with van der Waals surface area (Å²) in [5, 5.41) is 29.5. The van der Waals surface area contributed by atoms with Gasteiger partial charge < -0.3 is 20.1 Å². The molecule has 0 amide bonds. The van der Waals surface area contributed by atoms with E-state index in [1.54, 1.807) is 0 Å². The Labute approximate surface area is 184 Å². The average Bonchev–Trinajstić information content (AvgIpc) is 2.99. The minimum atomic E-state index is -0.803. The normalized spacial score (nSPS) is 24.6. The topological polar surface area (TPSA) is 104 Å². The zero-order valence-corrected chi connectivity index (χ0v) is 18.1. The molecule has 31 heavy (non-hydrogen) atoms. The Balaban J connectivity index is 1.95. The van der Waals surface area contributed by atoms with E-state index >= 15 is 0 Å². The molecular weight excluding hydrogens is 396 g/mol. The first-order valence-corrected chi connectivity index (χ1v) is 11.0. The van der Waals surface area contributed by atoms with E-state index in [2.05, 4.69) is 0 Å². The van der Waals surface area contributed by atoms with Crippen molar-refractivity contribution in [3.8, 4) is 0 Å². The lowest BCUT2D eigenvalue weighted by atomic mass is 9.89. The molecule has 0 saturated heterocycles. The number of unbranched alkanes of at least 4 members (excludes halogenated alkanes) is 1. The van der Waals surface area contributed by atoms with Crippen molar-refractivity contribution < 1.29 is 29.6 Å². The Morgan fingerprint density at radius 2 is 1.90 bits per heavy atom. The third-order valence-electron chi connectivity index (χ3n) is 5.68. The number of carbonyl (C=O) groups excluding carboxylic acids is 1. The molecule has 0 heterocycles. The number of benzene rings is 1. The number of aliphatic hydroxyl groups is 2. The molecule has 0 aromatic heterocycles. The molecule has 5 atom stereocenters. The van der Waals surface area contributed by atoms with Crippen LogP contribution in [-0.2, 0) is 20.7 Å². The molecule has 0 unspecified atom stereocenters. The zero-order chi connectivity index (χ0) is 22.6. The van der Waals surface area contributed by atoms with Crippen LogP contribution in [-0.4, -0.2) is 45.6 Å². The molecule has 170 valence electrons. The number of aryl methyl sites for hydroxylation is 1. The van der Waals surface area contributed by atoms with Gasteiger partial charge in [-0.2, -0.15) is 0 Å². The number of rotatable bonds is 12. The predicted molar refractivity (Wildman–Crippen MR) is 118 cm³/mol. The lowest BCUT2D eigenvalue weighted by Crippen LogP contribution is -2.21. The van der Waals surface area contributed by atoms with Crippen molar-refractivity contribution >= 4 is 11.9 Å². The molecular formula is C25H34O6. The van der Waals surface area contributed by atoms with Crippen molar-refractivity contribution in [3.05, 3.63) is 60.2 Å². The molecule has 1 aliphatic carbocycles. The third kappa shape index (κ3) is 9.07. The maximum absolute atomic E-state index is 11.5. The second-order valence-electron chi connectivity index (χ2n) is 8.16. The van der Waals surface area contributed by atoms with Gasteiger partial charge in [-0.1, -0.05) is 48.6 Å². The number of aliphatic carboxylic acids is 1. The largest absolute Gasteiger partial charge is 0.481 e. The number of hydrogen-bond acceptors (Lipinski definition) is 5. The molecule has 0 radical (unpaired) electrons. The number of hydrogen-bond donors (Lipinski definition) is 3. The van der Waals surface area contributed by atoms with Crippen LogP contribution in [0.3, 0.4) is 0 Å². The van der Waals surface area contributed by atoms with E-state index in [0.717, 1.165) is 12.0 Å². The second kappa shape index (κ2) is 13.1. The summed E-state index contributed by atoms with van der Waals surface area (Å²) in [5.74, 6) is -1.51. The minimum Gasteiger partial charge on any atom is -0.481 e. The first kappa shape index (κ1) is 24.8. The predicted octanol–water partition coefficient (Wildman–Crippen LogP) is 3.67. The van der Waals surface area contributed by atoms with Gasteiger partial charge in [-0.3, -0.25) is 9.59 Å². The van der Waals surface area contributed by atoms with Gasteiger partial charge in [-0.15, -0.1) is 0 Å². The molecule has 1 aromatic carbocycles. The van der Waals surface area contributed by atoms with Crippen LogP contribution in [0.2, 0.25) is 0 Å². The van der Waals surface area contributed by atoms with Crippen LogP contribution < -0.4 is 0 Å². The summed E-state index contributed by atoms with van der Waals surface area (Å²) < 4.78 is 5.44. The van der Waals surface area contributed by atoms with Gasteiger partial charge in [-0.05, 0) is 49.7 Å². The first-order valence-electron chi connectivity index (χ1n) is 11.0. The molecule has 0 bridgehead atoms. The van der Waals surface area contributed by atoms with E-state index in [1.165, 1.54) is 6.92 Å². The fourth-order valence-electron chi connectivity index (χ4n) is 4.06. The fraction of sp³-hybridized carbons (Fsp3) is 0.520. The van der Waals surface area contributed by atoms with Crippen molar-refractivity contribution in [3.63, 3.8) is 0 Å². The van der Waals surface area contributed by atoms with E-state index in [1.807, 2.05) is 54.6 Å². The van der Waals surface area contributed by atoms with Crippen LogP contribution in [0.4, 0.5) is 0 Å². The van der Waals surface area contributed by atoms with E-state index in [4.69, 9.17) is 9.84 Å². The van der Waals surface area contributed by atoms with Gasteiger partial charge in [0, 0.05) is 25.7 Å². The van der Waals surface area contributed by atoms with Crippen LogP contribution in [0.5, 0.6) is 0 Å². The summed E-state index contributed by atoms with van der Waals surface area (Å²) in [5.41, 5.74) is 1.16. The van der Waals surface area contributed by atoms with Gasteiger partial charge in [0.2, 0.25) is 0 Å². The zero-order valence-electron chi connectivity index (χ0n) is 18.1. The van der Waals surface area contributed by atoms with E-state index < -0.39 is 24.3 Å². The van der Waals surface area contributed by atoms with Crippen LogP contribution in [0.25, 0.3) is 0 Å². The number of aliphatic hydroxyl groups excluding tert-OH is 2. The fourth-order valence-corrected chi connectivity index (χ4v) is 4.06. The summed E-state index contributed by atoms with van der Waals surface area (Å²) in [4.78, 5) is 22.1. The monoisotopic (exact) mass is 430 g/mol.